The molecule has 7 heteroatoms. The summed E-state index contributed by atoms with van der Waals surface area (Å²) in [6.07, 6.45) is 0. The average molecular weight is 277 g/mol. The van der Waals surface area contributed by atoms with Gasteiger partial charge in [0.25, 0.3) is 5.91 Å². The number of rotatable bonds is 3. The minimum atomic E-state index is -1.44. The first-order valence-corrected chi connectivity index (χ1v) is 6.17. The van der Waals surface area contributed by atoms with E-state index in [0.29, 0.717) is 11.4 Å². The van der Waals surface area contributed by atoms with E-state index in [2.05, 4.69) is 5.32 Å². The number of nitrogens with one attached hydrogen (secondary N) is 1. The van der Waals surface area contributed by atoms with Crippen molar-refractivity contribution >= 4 is 29.2 Å². The Bertz CT molecular complexity index is 558. The lowest BCUT2D eigenvalue weighted by Gasteiger charge is -2.30. The van der Waals surface area contributed by atoms with Gasteiger partial charge < -0.3 is 15.8 Å². The van der Waals surface area contributed by atoms with Crippen LogP contribution >= 0.6 is 0 Å². The van der Waals surface area contributed by atoms with Crippen molar-refractivity contribution < 1.29 is 19.1 Å². The monoisotopic (exact) mass is 277 g/mol. The number of ether oxygens (including phenoxy) is 1. The van der Waals surface area contributed by atoms with Crippen molar-refractivity contribution in [1.82, 2.24) is 0 Å². The number of hydrogen-bond donors (Lipinski definition) is 2. The number of nitrogens with zero attached hydrogens (tertiary/aromatic N) is 1. The Morgan fingerprint density at radius 1 is 1.45 bits per heavy atom. The largest absolute Gasteiger partial charge is 0.464 e. The normalized spacial score (nSPS) is 15.1. The zero-order valence-corrected chi connectivity index (χ0v) is 11.0. The molecule has 1 aromatic carbocycles. The van der Waals surface area contributed by atoms with E-state index >= 15 is 0 Å². The smallest absolute Gasteiger partial charge is 0.332 e. The molecule has 0 saturated carbocycles. The van der Waals surface area contributed by atoms with Gasteiger partial charge in [-0.15, -0.1) is 0 Å². The van der Waals surface area contributed by atoms with Crippen LogP contribution in [0.2, 0.25) is 0 Å². The van der Waals surface area contributed by atoms with Gasteiger partial charge in [0, 0.05) is 0 Å². The van der Waals surface area contributed by atoms with Crippen molar-refractivity contribution in [1.29, 1.82) is 0 Å². The molecule has 1 aliphatic rings. The van der Waals surface area contributed by atoms with Crippen LogP contribution in [0.25, 0.3) is 0 Å². The Morgan fingerprint density at radius 2 is 2.15 bits per heavy atom. The second-order valence-corrected chi connectivity index (χ2v) is 4.22. The third-order valence-corrected chi connectivity index (χ3v) is 2.84. The van der Waals surface area contributed by atoms with Crippen LogP contribution in [0.3, 0.4) is 0 Å². The van der Waals surface area contributed by atoms with Crippen LogP contribution in [0.4, 0.5) is 11.4 Å². The van der Waals surface area contributed by atoms with Crippen LogP contribution in [-0.4, -0.2) is 37.0 Å². The quantitative estimate of drug-likeness (QED) is 0.591. The molecule has 0 saturated heterocycles. The van der Waals surface area contributed by atoms with Crippen molar-refractivity contribution in [2.75, 3.05) is 23.4 Å². The molecular weight excluding hydrogens is 262 g/mol. The van der Waals surface area contributed by atoms with Crippen LogP contribution in [0.15, 0.2) is 24.3 Å². The molecule has 0 spiro atoms. The predicted molar refractivity (Wildman–Crippen MR) is 72.0 cm³/mol. The number of esters is 1. The lowest BCUT2D eigenvalue weighted by Crippen LogP contribution is -2.52. The summed E-state index contributed by atoms with van der Waals surface area (Å²) in [4.78, 5) is 36.6. The standard InChI is InChI=1S/C13H15N3O4/c1-2-20-13(19)11(14)12(18)16-7-10(17)15-8-5-3-4-6-9(8)16/h3-6,11H,2,7,14H2,1H3,(H,15,17). The van der Waals surface area contributed by atoms with E-state index in [4.69, 9.17) is 10.5 Å². The summed E-state index contributed by atoms with van der Waals surface area (Å²) in [5, 5.41) is 2.65. The molecule has 1 aliphatic heterocycles. The summed E-state index contributed by atoms with van der Waals surface area (Å²) >= 11 is 0. The number of carbonyl (C=O) groups is 3. The Morgan fingerprint density at radius 3 is 2.85 bits per heavy atom. The van der Waals surface area contributed by atoms with Gasteiger partial charge in [-0.25, -0.2) is 4.79 Å². The summed E-state index contributed by atoms with van der Waals surface area (Å²) in [7, 11) is 0. The highest BCUT2D eigenvalue weighted by Crippen LogP contribution is 2.29. The van der Waals surface area contributed by atoms with E-state index in [0.717, 1.165) is 0 Å². The predicted octanol–water partition coefficient (Wildman–Crippen LogP) is -0.138. The van der Waals surface area contributed by atoms with E-state index < -0.39 is 17.9 Å². The molecule has 2 amide bonds. The topological polar surface area (TPSA) is 102 Å². The highest BCUT2D eigenvalue weighted by atomic mass is 16.5. The molecule has 1 atom stereocenters. The fourth-order valence-electron chi connectivity index (χ4n) is 1.93. The van der Waals surface area contributed by atoms with Gasteiger partial charge in [0.1, 0.15) is 6.54 Å². The van der Waals surface area contributed by atoms with Crippen molar-refractivity contribution in [2.24, 2.45) is 5.73 Å². The Hall–Kier alpha value is -2.41. The Labute approximate surface area is 115 Å². The average Bonchev–Trinajstić information content (AvgIpc) is 2.45. The third-order valence-electron chi connectivity index (χ3n) is 2.84. The summed E-state index contributed by atoms with van der Waals surface area (Å²) < 4.78 is 4.72. The van der Waals surface area contributed by atoms with Crippen LogP contribution in [0.5, 0.6) is 0 Å². The molecule has 1 aromatic rings. The minimum absolute atomic E-state index is 0.136. The van der Waals surface area contributed by atoms with Crippen LogP contribution < -0.4 is 16.0 Å². The zero-order valence-electron chi connectivity index (χ0n) is 11.0. The van der Waals surface area contributed by atoms with Crippen molar-refractivity contribution in [3.05, 3.63) is 24.3 Å². The first-order valence-electron chi connectivity index (χ1n) is 6.17. The van der Waals surface area contributed by atoms with E-state index in [9.17, 15) is 14.4 Å². The molecule has 7 nitrogen and oxygen atoms in total. The molecule has 0 radical (unpaired) electrons. The molecular formula is C13H15N3O4. The second-order valence-electron chi connectivity index (χ2n) is 4.22. The molecule has 0 aromatic heterocycles. The van der Waals surface area contributed by atoms with E-state index in [1.165, 1.54) is 4.90 Å². The fourth-order valence-corrected chi connectivity index (χ4v) is 1.93. The molecule has 106 valence electrons. The van der Waals surface area contributed by atoms with Crippen LogP contribution in [-0.2, 0) is 19.1 Å². The molecule has 0 fully saturated rings. The molecule has 0 bridgehead atoms. The van der Waals surface area contributed by atoms with Gasteiger partial charge in [0.15, 0.2) is 6.04 Å². The minimum Gasteiger partial charge on any atom is -0.464 e. The van der Waals surface area contributed by atoms with Gasteiger partial charge in [0.05, 0.1) is 18.0 Å². The zero-order chi connectivity index (χ0) is 14.7. The number of nitrogens with two attached hydrogens (primary N) is 1. The van der Waals surface area contributed by atoms with Gasteiger partial charge in [-0.05, 0) is 19.1 Å². The number of benzene rings is 1. The first-order chi connectivity index (χ1) is 9.54. The number of para-hydroxylation sites is 2. The van der Waals surface area contributed by atoms with Crippen LogP contribution in [0, 0.1) is 0 Å². The molecule has 3 N–H and O–H groups in total. The number of carbonyl (C=O) groups excluding carboxylic acids is 3. The van der Waals surface area contributed by atoms with Gasteiger partial charge in [0.2, 0.25) is 5.91 Å². The van der Waals surface area contributed by atoms with Crippen LogP contribution in [0.1, 0.15) is 6.92 Å². The molecule has 20 heavy (non-hydrogen) atoms. The summed E-state index contributed by atoms with van der Waals surface area (Å²) in [5.74, 6) is -1.81. The van der Waals surface area contributed by atoms with Crippen molar-refractivity contribution in [3.63, 3.8) is 0 Å². The first kappa shape index (κ1) is 14.0. The van der Waals surface area contributed by atoms with Gasteiger partial charge in [-0.3, -0.25) is 14.5 Å². The fraction of sp³-hybridized carbons (Fsp3) is 0.308. The number of fused-ring (bicyclic) bond motifs is 1. The molecule has 1 heterocycles. The summed E-state index contributed by atoms with van der Waals surface area (Å²) in [5.41, 5.74) is 6.60. The SMILES string of the molecule is CCOC(=O)C(N)C(=O)N1CC(=O)Nc2ccccc21. The third kappa shape index (κ3) is 2.62. The lowest BCUT2D eigenvalue weighted by atomic mass is 10.1. The van der Waals surface area contributed by atoms with Gasteiger partial charge in [-0.1, -0.05) is 12.1 Å². The van der Waals surface area contributed by atoms with E-state index in [1.807, 2.05) is 0 Å². The van der Waals surface area contributed by atoms with Gasteiger partial charge >= 0.3 is 5.97 Å². The highest BCUT2D eigenvalue weighted by Gasteiger charge is 2.33. The number of amides is 2. The van der Waals surface area contributed by atoms with Crippen molar-refractivity contribution in [2.45, 2.75) is 13.0 Å². The van der Waals surface area contributed by atoms with E-state index in [1.54, 1.807) is 31.2 Å². The molecule has 2 rings (SSSR count). The Balaban J connectivity index is 2.26. The highest BCUT2D eigenvalue weighted by molar-refractivity contribution is 6.16. The van der Waals surface area contributed by atoms with E-state index in [-0.39, 0.29) is 19.1 Å². The molecule has 1 unspecified atom stereocenters. The van der Waals surface area contributed by atoms with Crippen molar-refractivity contribution in [3.8, 4) is 0 Å². The summed E-state index contributed by atoms with van der Waals surface area (Å²) in [6, 6.07) is 5.37. The van der Waals surface area contributed by atoms with Gasteiger partial charge in [-0.2, -0.15) is 0 Å². The Kier molecular flexibility index (Phi) is 3.99. The molecule has 0 aliphatic carbocycles. The lowest BCUT2D eigenvalue weighted by molar-refractivity contribution is -0.147. The maximum absolute atomic E-state index is 12.2. The number of hydrogen-bond acceptors (Lipinski definition) is 5. The second kappa shape index (κ2) is 5.70. The summed E-state index contributed by atoms with van der Waals surface area (Å²) in [6.45, 7) is 1.58. The maximum Gasteiger partial charge on any atom is 0.332 e. The number of anilines is 2. The maximum atomic E-state index is 12.2.